The molecule has 0 radical (unpaired) electrons. The molecular formula is C14H23N3O2S. The van der Waals surface area contributed by atoms with E-state index in [0.717, 1.165) is 12.8 Å². The largest absolute Gasteiger partial charge is 0.387 e. The maximum atomic E-state index is 12.5. The molecule has 1 saturated carbocycles. The fraction of sp³-hybridized carbons (Fsp3) is 0.643. The zero-order chi connectivity index (χ0) is 14.8. The van der Waals surface area contributed by atoms with Crippen LogP contribution in [0.1, 0.15) is 33.1 Å². The van der Waals surface area contributed by atoms with Gasteiger partial charge in [0.25, 0.3) is 0 Å². The third-order valence-electron chi connectivity index (χ3n) is 4.36. The Morgan fingerprint density at radius 1 is 1.30 bits per heavy atom. The van der Waals surface area contributed by atoms with E-state index >= 15 is 0 Å². The van der Waals surface area contributed by atoms with Gasteiger partial charge >= 0.3 is 0 Å². The highest BCUT2D eigenvalue weighted by Crippen LogP contribution is 2.31. The highest BCUT2D eigenvalue weighted by atomic mass is 32.2. The van der Waals surface area contributed by atoms with Gasteiger partial charge in [-0.15, -0.1) is 0 Å². The van der Waals surface area contributed by atoms with E-state index in [2.05, 4.69) is 28.9 Å². The molecule has 1 aliphatic carbocycles. The summed E-state index contributed by atoms with van der Waals surface area (Å²) in [4.78, 5) is 4.14. The minimum atomic E-state index is -3.53. The van der Waals surface area contributed by atoms with Crippen molar-refractivity contribution >= 4 is 15.7 Å². The van der Waals surface area contributed by atoms with Crippen LogP contribution in [0.2, 0.25) is 0 Å². The van der Waals surface area contributed by atoms with Gasteiger partial charge in [-0.25, -0.2) is 13.1 Å². The van der Waals surface area contributed by atoms with Crippen molar-refractivity contribution in [1.82, 2.24) is 9.71 Å². The van der Waals surface area contributed by atoms with Crippen molar-refractivity contribution < 1.29 is 8.42 Å². The van der Waals surface area contributed by atoms with Crippen LogP contribution in [0.15, 0.2) is 23.4 Å². The molecule has 0 spiro atoms. The molecular weight excluding hydrogens is 274 g/mol. The van der Waals surface area contributed by atoms with E-state index < -0.39 is 10.0 Å². The van der Waals surface area contributed by atoms with Crippen LogP contribution in [0.25, 0.3) is 0 Å². The van der Waals surface area contributed by atoms with Crippen LogP contribution >= 0.6 is 0 Å². The summed E-state index contributed by atoms with van der Waals surface area (Å²) in [5.74, 6) is 0.905. The number of nitrogens with one attached hydrogen (secondary N) is 2. The Morgan fingerprint density at radius 3 is 2.75 bits per heavy atom. The predicted octanol–water partition coefficient (Wildman–Crippen LogP) is 2.23. The Balaban J connectivity index is 2.23. The van der Waals surface area contributed by atoms with Crippen molar-refractivity contribution in [3.8, 4) is 0 Å². The molecule has 2 rings (SSSR count). The first-order valence-electron chi connectivity index (χ1n) is 7.10. The first-order chi connectivity index (χ1) is 9.45. The zero-order valence-electron chi connectivity index (χ0n) is 12.3. The van der Waals surface area contributed by atoms with Gasteiger partial charge in [-0.05, 0) is 24.3 Å². The highest BCUT2D eigenvalue weighted by molar-refractivity contribution is 7.89. The molecule has 1 aromatic rings. The number of sulfonamides is 1. The van der Waals surface area contributed by atoms with Gasteiger partial charge in [0.15, 0.2) is 0 Å². The van der Waals surface area contributed by atoms with E-state index in [1.807, 2.05) is 0 Å². The molecule has 1 aromatic heterocycles. The Kier molecular flexibility index (Phi) is 4.65. The van der Waals surface area contributed by atoms with Gasteiger partial charge in [-0.1, -0.05) is 26.7 Å². The fourth-order valence-corrected chi connectivity index (χ4v) is 4.33. The number of nitrogens with zero attached hydrogens (tertiary/aromatic N) is 1. The molecule has 3 unspecified atom stereocenters. The summed E-state index contributed by atoms with van der Waals surface area (Å²) >= 11 is 0. The second-order valence-electron chi connectivity index (χ2n) is 5.62. The summed E-state index contributed by atoms with van der Waals surface area (Å²) in [5, 5.41) is 2.90. The second-order valence-corrected chi connectivity index (χ2v) is 7.30. The topological polar surface area (TPSA) is 71.1 Å². The van der Waals surface area contributed by atoms with Gasteiger partial charge in [0, 0.05) is 25.5 Å². The third kappa shape index (κ3) is 3.12. The maximum Gasteiger partial charge on any atom is 0.244 e. The van der Waals surface area contributed by atoms with Crippen LogP contribution in [0.4, 0.5) is 5.69 Å². The Hall–Kier alpha value is -1.14. The van der Waals surface area contributed by atoms with E-state index in [1.54, 1.807) is 19.3 Å². The summed E-state index contributed by atoms with van der Waals surface area (Å²) < 4.78 is 27.9. The van der Waals surface area contributed by atoms with Crippen LogP contribution < -0.4 is 10.0 Å². The monoisotopic (exact) mass is 297 g/mol. The van der Waals surface area contributed by atoms with Crippen molar-refractivity contribution in [3.63, 3.8) is 0 Å². The van der Waals surface area contributed by atoms with E-state index in [9.17, 15) is 8.42 Å². The zero-order valence-corrected chi connectivity index (χ0v) is 13.1. The van der Waals surface area contributed by atoms with E-state index in [4.69, 9.17) is 0 Å². The van der Waals surface area contributed by atoms with Crippen molar-refractivity contribution in [2.45, 2.75) is 44.0 Å². The summed E-state index contributed by atoms with van der Waals surface area (Å²) in [5.41, 5.74) is 0.573. The summed E-state index contributed by atoms with van der Waals surface area (Å²) in [7, 11) is -1.83. The molecule has 1 fully saturated rings. The highest BCUT2D eigenvalue weighted by Gasteiger charge is 2.31. The number of hydrogen-bond acceptors (Lipinski definition) is 4. The summed E-state index contributed by atoms with van der Waals surface area (Å²) in [6.45, 7) is 4.31. The van der Waals surface area contributed by atoms with Crippen LogP contribution in [0.5, 0.6) is 0 Å². The average Bonchev–Trinajstić information content (AvgIpc) is 2.43. The first-order valence-corrected chi connectivity index (χ1v) is 8.58. The Labute approximate surface area is 121 Å². The van der Waals surface area contributed by atoms with Gasteiger partial charge in [-0.2, -0.15) is 0 Å². The maximum absolute atomic E-state index is 12.5. The van der Waals surface area contributed by atoms with E-state index in [1.165, 1.54) is 12.6 Å². The molecule has 0 saturated heterocycles. The molecule has 1 aliphatic rings. The molecule has 0 aromatic carbocycles. The van der Waals surface area contributed by atoms with E-state index in [-0.39, 0.29) is 10.9 Å². The van der Waals surface area contributed by atoms with Crippen molar-refractivity contribution in [1.29, 1.82) is 0 Å². The molecule has 1 heterocycles. The first kappa shape index (κ1) is 15.3. The molecule has 0 aliphatic heterocycles. The van der Waals surface area contributed by atoms with Crippen molar-refractivity contribution in [3.05, 3.63) is 18.5 Å². The minimum absolute atomic E-state index is 0.00802. The lowest BCUT2D eigenvalue weighted by molar-refractivity contribution is 0.227. The fourth-order valence-electron chi connectivity index (χ4n) is 2.81. The smallest absolute Gasteiger partial charge is 0.244 e. The Morgan fingerprint density at radius 2 is 2.05 bits per heavy atom. The summed E-state index contributed by atoms with van der Waals surface area (Å²) in [6, 6.07) is 1.68. The lowest BCUT2D eigenvalue weighted by Gasteiger charge is -2.34. The van der Waals surface area contributed by atoms with Gasteiger partial charge in [0.1, 0.15) is 4.90 Å². The quantitative estimate of drug-likeness (QED) is 0.894. The molecule has 0 amide bonds. The molecule has 5 nitrogen and oxygen atoms in total. The minimum Gasteiger partial charge on any atom is -0.387 e. The lowest BCUT2D eigenvalue weighted by atomic mass is 9.78. The molecule has 2 N–H and O–H groups in total. The Bertz CT molecular complexity index is 559. The molecule has 3 atom stereocenters. The van der Waals surface area contributed by atoms with Crippen molar-refractivity contribution in [2.24, 2.45) is 11.8 Å². The van der Waals surface area contributed by atoms with Crippen LogP contribution in [-0.4, -0.2) is 26.5 Å². The number of rotatable bonds is 4. The van der Waals surface area contributed by atoms with Gasteiger partial charge in [0.05, 0.1) is 5.69 Å². The van der Waals surface area contributed by atoms with Crippen LogP contribution in [0, 0.1) is 11.8 Å². The third-order valence-corrected chi connectivity index (χ3v) is 5.87. The van der Waals surface area contributed by atoms with Crippen LogP contribution in [0.3, 0.4) is 0 Å². The van der Waals surface area contributed by atoms with E-state index in [0.29, 0.717) is 17.5 Å². The summed E-state index contributed by atoms with van der Waals surface area (Å²) in [6.07, 6.45) is 6.12. The molecule has 20 heavy (non-hydrogen) atoms. The SMILES string of the molecule is CNc1ccncc1S(=O)(=O)NC1CCCC(C)C1C. The van der Waals surface area contributed by atoms with Gasteiger partial charge < -0.3 is 5.32 Å². The van der Waals surface area contributed by atoms with Crippen LogP contribution in [-0.2, 0) is 10.0 Å². The van der Waals surface area contributed by atoms with Crippen molar-refractivity contribution in [2.75, 3.05) is 12.4 Å². The number of pyridine rings is 1. The average molecular weight is 297 g/mol. The second kappa shape index (κ2) is 6.10. The lowest BCUT2D eigenvalue weighted by Crippen LogP contribution is -2.43. The molecule has 6 heteroatoms. The number of aromatic nitrogens is 1. The van der Waals surface area contributed by atoms with Gasteiger partial charge in [-0.3, -0.25) is 4.98 Å². The molecule has 112 valence electrons. The number of anilines is 1. The normalized spacial score (nSPS) is 27.2. The van der Waals surface area contributed by atoms with Gasteiger partial charge in [0.2, 0.25) is 10.0 Å². The predicted molar refractivity (Wildman–Crippen MR) is 80.1 cm³/mol. The standard InChI is InChI=1S/C14H23N3O2S/c1-10-5-4-6-12(11(10)2)17-20(18,19)14-9-16-8-7-13(14)15-3/h7-12,17H,4-6H2,1-3H3,(H,15,16). The molecule has 0 bridgehead atoms. The number of hydrogen-bond donors (Lipinski definition) is 2.